The summed E-state index contributed by atoms with van der Waals surface area (Å²) in [5.41, 5.74) is 0.450. The molecule has 1 aliphatic rings. The Morgan fingerprint density at radius 2 is 2.55 bits per heavy atom. The summed E-state index contributed by atoms with van der Waals surface area (Å²) < 4.78 is 0. The number of amidine groups is 1. The fraction of sp³-hybridized carbons (Fsp3) is 0.200. The highest BCUT2D eigenvalue weighted by Gasteiger charge is 2.16. The van der Waals surface area contributed by atoms with E-state index in [9.17, 15) is 5.21 Å². The molecule has 1 aromatic rings. The van der Waals surface area contributed by atoms with Crippen molar-refractivity contribution in [1.82, 2.24) is 15.0 Å². The van der Waals surface area contributed by atoms with E-state index < -0.39 is 0 Å². The van der Waals surface area contributed by atoms with Gasteiger partial charge in [-0.1, -0.05) is 0 Å². The number of anilines is 1. The summed E-state index contributed by atoms with van der Waals surface area (Å²) in [4.78, 5) is 6.57. The Bertz CT molecular complexity index is 293. The van der Waals surface area contributed by atoms with Gasteiger partial charge in [0.15, 0.2) is 5.82 Å². The van der Waals surface area contributed by atoms with Gasteiger partial charge in [-0.25, -0.2) is 4.98 Å². The van der Waals surface area contributed by atoms with Crippen LogP contribution >= 0.6 is 0 Å². The largest absolute Gasteiger partial charge is 0.756 e. The van der Waals surface area contributed by atoms with Crippen LogP contribution in [0.2, 0.25) is 0 Å². The van der Waals surface area contributed by atoms with Gasteiger partial charge in [-0.2, -0.15) is 0 Å². The lowest BCUT2D eigenvalue weighted by Crippen LogP contribution is -2.35. The fourth-order valence-corrected chi connectivity index (χ4v) is 0.959. The molecule has 0 aliphatic carbocycles. The molecule has 0 atom stereocenters. The molecule has 1 aliphatic heterocycles. The number of nitrogens with zero attached hydrogens (tertiary/aromatic N) is 2. The van der Waals surface area contributed by atoms with E-state index >= 15 is 0 Å². The molecule has 0 spiro atoms. The number of aromatic nitrogens is 2. The Labute approximate surface area is 62.3 Å². The van der Waals surface area contributed by atoms with E-state index in [0.717, 1.165) is 0 Å². The zero-order chi connectivity index (χ0) is 7.84. The van der Waals surface area contributed by atoms with E-state index in [1.54, 1.807) is 0 Å². The monoisotopic (exact) mass is 152 g/mol. The van der Waals surface area contributed by atoms with Crippen LogP contribution in [0.3, 0.4) is 0 Å². The van der Waals surface area contributed by atoms with Crippen molar-refractivity contribution in [1.29, 1.82) is 5.41 Å². The van der Waals surface area contributed by atoms with Crippen LogP contribution in [0.5, 0.6) is 0 Å². The quantitative estimate of drug-likeness (QED) is 0.484. The topological polar surface area (TPSA) is 90.9 Å². The van der Waals surface area contributed by atoms with E-state index in [2.05, 4.69) is 15.3 Å². The molecule has 0 fully saturated rings. The molecule has 2 heterocycles. The first-order valence-electron chi connectivity index (χ1n) is 3.10. The second-order valence-electron chi connectivity index (χ2n) is 2.19. The summed E-state index contributed by atoms with van der Waals surface area (Å²) in [5, 5.41) is 21.4. The highest BCUT2D eigenvalue weighted by molar-refractivity contribution is 6.00. The average molecular weight is 152 g/mol. The first kappa shape index (κ1) is 6.17. The average Bonchev–Trinajstić information content (AvgIpc) is 2.45. The zero-order valence-corrected chi connectivity index (χ0v) is 5.59. The second-order valence-corrected chi connectivity index (χ2v) is 2.19. The van der Waals surface area contributed by atoms with Crippen molar-refractivity contribution < 1.29 is 0 Å². The maximum atomic E-state index is 10.8. The maximum Gasteiger partial charge on any atom is 0.156 e. The molecular formula is C5H6N5O-. The third-order valence-electron chi connectivity index (χ3n) is 1.52. The molecule has 58 valence electrons. The molecule has 3 N–H and O–H groups in total. The Balaban J connectivity index is 2.46. The van der Waals surface area contributed by atoms with Crippen molar-refractivity contribution in [2.75, 3.05) is 12.0 Å². The molecule has 2 rings (SSSR count). The Hall–Kier alpha value is -1.56. The van der Waals surface area contributed by atoms with E-state index in [0.29, 0.717) is 16.6 Å². The molecule has 1 aromatic heterocycles. The summed E-state index contributed by atoms with van der Waals surface area (Å²) >= 11 is 0. The maximum absolute atomic E-state index is 10.8. The van der Waals surface area contributed by atoms with Crippen LogP contribution in [0, 0.1) is 10.6 Å². The van der Waals surface area contributed by atoms with Gasteiger partial charge in [0.25, 0.3) is 0 Å². The third kappa shape index (κ3) is 0.761. The number of hydroxylamine groups is 2. The number of aromatic amines is 1. The smallest absolute Gasteiger partial charge is 0.156 e. The van der Waals surface area contributed by atoms with Gasteiger partial charge in [-0.05, 0) is 0 Å². The molecule has 0 saturated heterocycles. The minimum Gasteiger partial charge on any atom is -0.756 e. The number of H-pyrrole nitrogens is 1. The fourth-order valence-electron chi connectivity index (χ4n) is 0.959. The molecule has 0 unspecified atom stereocenters. The molecule has 0 radical (unpaired) electrons. The third-order valence-corrected chi connectivity index (χ3v) is 1.52. The minimum absolute atomic E-state index is 0.0729. The lowest BCUT2D eigenvalue weighted by atomic mass is 10.3. The van der Waals surface area contributed by atoms with Crippen LogP contribution in [0.4, 0.5) is 5.82 Å². The first-order chi connectivity index (χ1) is 5.29. The van der Waals surface area contributed by atoms with Gasteiger partial charge in [0.2, 0.25) is 0 Å². The van der Waals surface area contributed by atoms with Gasteiger partial charge in [0, 0.05) is 0 Å². The van der Waals surface area contributed by atoms with Crippen LogP contribution in [0.1, 0.15) is 5.69 Å². The van der Waals surface area contributed by atoms with Gasteiger partial charge in [0.1, 0.15) is 11.5 Å². The SMILES string of the molecule is N=C1c2[nH]cnc2NCN1[O-]. The van der Waals surface area contributed by atoms with E-state index in [-0.39, 0.29) is 12.5 Å². The standard InChI is InChI=1S/C5H6N5O/c6-4-3-5(8-1-7-3)9-2-10(4)11/h1,6,9H,2H2,(H,7,8)/q-1. The second kappa shape index (κ2) is 1.96. The van der Waals surface area contributed by atoms with Gasteiger partial charge < -0.3 is 20.6 Å². The summed E-state index contributed by atoms with van der Waals surface area (Å²) in [6, 6.07) is 0. The lowest BCUT2D eigenvalue weighted by Gasteiger charge is -2.34. The van der Waals surface area contributed by atoms with Crippen LogP contribution in [-0.4, -0.2) is 27.5 Å². The number of hydrogen-bond acceptors (Lipinski definition) is 4. The van der Waals surface area contributed by atoms with Crippen LogP contribution < -0.4 is 5.32 Å². The van der Waals surface area contributed by atoms with Crippen molar-refractivity contribution in [2.24, 2.45) is 0 Å². The molecule has 6 heteroatoms. The molecule has 0 bridgehead atoms. The number of imidazole rings is 1. The van der Waals surface area contributed by atoms with Crippen LogP contribution in [-0.2, 0) is 0 Å². The summed E-state index contributed by atoms with van der Waals surface area (Å²) in [6.45, 7) is 0.0939. The first-order valence-corrected chi connectivity index (χ1v) is 3.10. The predicted octanol–water partition coefficient (Wildman–Crippen LogP) is -0.0821. The normalized spacial score (nSPS) is 16.1. The number of nitrogens with one attached hydrogen (secondary N) is 3. The summed E-state index contributed by atoms with van der Waals surface area (Å²) in [6.07, 6.45) is 1.45. The predicted molar refractivity (Wildman–Crippen MR) is 39.1 cm³/mol. The molecule has 0 amide bonds. The molecule has 0 aromatic carbocycles. The van der Waals surface area contributed by atoms with E-state index in [1.165, 1.54) is 6.33 Å². The Morgan fingerprint density at radius 3 is 3.36 bits per heavy atom. The minimum atomic E-state index is -0.0729. The molecule has 6 nitrogen and oxygen atoms in total. The van der Waals surface area contributed by atoms with Gasteiger partial charge >= 0.3 is 0 Å². The van der Waals surface area contributed by atoms with Gasteiger partial charge in [-0.3, -0.25) is 5.41 Å². The van der Waals surface area contributed by atoms with Crippen molar-refractivity contribution in [3.05, 3.63) is 17.2 Å². The van der Waals surface area contributed by atoms with E-state index in [1.807, 2.05) is 0 Å². The molecule has 0 saturated carbocycles. The lowest BCUT2D eigenvalue weighted by molar-refractivity contribution is 0.585. The highest BCUT2D eigenvalue weighted by atomic mass is 16.5. The van der Waals surface area contributed by atoms with Gasteiger partial charge in [0.05, 0.1) is 13.0 Å². The Kier molecular flexibility index (Phi) is 1.10. The zero-order valence-electron chi connectivity index (χ0n) is 5.59. The van der Waals surface area contributed by atoms with Crippen LogP contribution in [0.25, 0.3) is 0 Å². The molecular weight excluding hydrogens is 146 g/mol. The Morgan fingerprint density at radius 1 is 1.73 bits per heavy atom. The molecule has 11 heavy (non-hydrogen) atoms. The van der Waals surface area contributed by atoms with Crippen molar-refractivity contribution >= 4 is 11.7 Å². The highest BCUT2D eigenvalue weighted by Crippen LogP contribution is 2.15. The van der Waals surface area contributed by atoms with Crippen molar-refractivity contribution in [2.45, 2.75) is 0 Å². The van der Waals surface area contributed by atoms with Gasteiger partial charge in [-0.15, -0.1) is 0 Å². The van der Waals surface area contributed by atoms with Crippen molar-refractivity contribution in [3.8, 4) is 0 Å². The summed E-state index contributed by atoms with van der Waals surface area (Å²) in [7, 11) is 0. The number of rotatable bonds is 0. The van der Waals surface area contributed by atoms with Crippen LogP contribution in [0.15, 0.2) is 6.33 Å². The number of fused-ring (bicyclic) bond motifs is 1. The van der Waals surface area contributed by atoms with Crippen molar-refractivity contribution in [3.63, 3.8) is 0 Å². The summed E-state index contributed by atoms with van der Waals surface area (Å²) in [5.74, 6) is 0.498. The number of hydrogen-bond donors (Lipinski definition) is 3. The van der Waals surface area contributed by atoms with E-state index in [4.69, 9.17) is 5.41 Å².